The number of hydrogen-bond donors (Lipinski definition) is 0. The molecule has 0 saturated carbocycles. The highest BCUT2D eigenvalue weighted by molar-refractivity contribution is 5.90. The highest BCUT2D eigenvalue weighted by Crippen LogP contribution is 2.44. The number of hydrogen-bond acceptors (Lipinski definition) is 5. The van der Waals surface area contributed by atoms with E-state index in [1.54, 1.807) is 18.4 Å². The Kier molecular flexibility index (Phi) is 4.56. The van der Waals surface area contributed by atoms with Crippen LogP contribution in [0.3, 0.4) is 0 Å². The second-order valence-corrected chi connectivity index (χ2v) is 8.99. The molecule has 0 radical (unpaired) electrons. The number of benzene rings is 1. The molecule has 0 bridgehead atoms. The summed E-state index contributed by atoms with van der Waals surface area (Å²) in [5.74, 6) is 0.339. The van der Waals surface area contributed by atoms with E-state index in [9.17, 15) is 4.79 Å². The van der Waals surface area contributed by atoms with Crippen molar-refractivity contribution < 1.29 is 13.9 Å². The number of ether oxygens (including phenoxy) is 1. The molecule has 0 saturated heterocycles. The van der Waals surface area contributed by atoms with Crippen LogP contribution in [0.2, 0.25) is 0 Å². The van der Waals surface area contributed by atoms with Gasteiger partial charge < -0.3 is 9.15 Å². The Balaban J connectivity index is 1.68. The van der Waals surface area contributed by atoms with Gasteiger partial charge in [0.25, 0.3) is 0 Å². The van der Waals surface area contributed by atoms with Crippen LogP contribution in [0.5, 0.6) is 0 Å². The van der Waals surface area contributed by atoms with Crippen LogP contribution in [0.1, 0.15) is 62.3 Å². The van der Waals surface area contributed by atoms with Gasteiger partial charge in [-0.25, -0.2) is 9.78 Å². The van der Waals surface area contributed by atoms with Gasteiger partial charge in [-0.2, -0.15) is 0 Å². The molecule has 1 aliphatic rings. The largest absolute Gasteiger partial charge is 0.465 e. The van der Waals surface area contributed by atoms with E-state index in [-0.39, 0.29) is 16.8 Å². The van der Waals surface area contributed by atoms with Gasteiger partial charge in [-0.1, -0.05) is 39.8 Å². The Hall–Kier alpha value is -2.95. The minimum absolute atomic E-state index is 0.00694. The number of aromatic nitrogens is 2. The molecule has 1 aliphatic carbocycles. The lowest BCUT2D eigenvalue weighted by molar-refractivity contribution is 0.0601. The number of rotatable bonds is 3. The van der Waals surface area contributed by atoms with E-state index in [0.29, 0.717) is 11.3 Å². The van der Waals surface area contributed by atoms with E-state index in [0.717, 1.165) is 41.1 Å². The van der Waals surface area contributed by atoms with Crippen molar-refractivity contribution in [1.82, 2.24) is 9.97 Å². The molecule has 0 spiro atoms. The van der Waals surface area contributed by atoms with Gasteiger partial charge in [-0.15, -0.1) is 0 Å². The summed E-state index contributed by atoms with van der Waals surface area (Å²) in [6.45, 7) is 8.93. The molecule has 5 heteroatoms. The Morgan fingerprint density at radius 3 is 2.31 bits per heavy atom. The van der Waals surface area contributed by atoms with Gasteiger partial charge in [0.05, 0.1) is 36.5 Å². The minimum Gasteiger partial charge on any atom is -0.465 e. The van der Waals surface area contributed by atoms with Crippen molar-refractivity contribution in [2.45, 2.75) is 51.4 Å². The van der Waals surface area contributed by atoms with Gasteiger partial charge in [0.1, 0.15) is 5.69 Å². The maximum atomic E-state index is 11.6. The molecule has 4 rings (SSSR count). The van der Waals surface area contributed by atoms with Gasteiger partial charge in [-0.05, 0) is 36.6 Å². The van der Waals surface area contributed by atoms with Crippen LogP contribution in [-0.2, 0) is 15.6 Å². The lowest BCUT2D eigenvalue weighted by atomic mass is 9.67. The molecule has 0 amide bonds. The zero-order valence-corrected chi connectivity index (χ0v) is 17.6. The number of nitrogens with zero attached hydrogens (tertiary/aromatic N) is 2. The average molecular weight is 390 g/mol. The lowest BCUT2D eigenvalue weighted by Gasteiger charge is -2.39. The molecule has 0 aliphatic heterocycles. The van der Waals surface area contributed by atoms with E-state index in [1.807, 2.05) is 24.4 Å². The topological polar surface area (TPSA) is 65.2 Å². The maximum Gasteiger partial charge on any atom is 0.337 e. The van der Waals surface area contributed by atoms with Crippen molar-refractivity contribution in [1.29, 1.82) is 0 Å². The lowest BCUT2D eigenvalue weighted by Crippen LogP contribution is -2.36. The highest BCUT2D eigenvalue weighted by Gasteiger charge is 2.39. The first kappa shape index (κ1) is 19.4. The van der Waals surface area contributed by atoms with Crippen molar-refractivity contribution in [2.24, 2.45) is 0 Å². The van der Waals surface area contributed by atoms with Crippen molar-refractivity contribution in [3.63, 3.8) is 0 Å². The Labute approximate surface area is 171 Å². The van der Waals surface area contributed by atoms with Crippen LogP contribution in [0.4, 0.5) is 0 Å². The molecule has 2 aromatic heterocycles. The van der Waals surface area contributed by atoms with Crippen LogP contribution in [0.25, 0.3) is 22.6 Å². The van der Waals surface area contributed by atoms with E-state index in [4.69, 9.17) is 19.1 Å². The number of methoxy groups -OCH3 is 1. The SMILES string of the molecule is COC(=O)c1ccc(-c2coc(-c3cnc4c(n3)C(C)(C)CCC4(C)C)c2)cc1. The van der Waals surface area contributed by atoms with Gasteiger partial charge in [-0.3, -0.25) is 4.98 Å². The highest BCUT2D eigenvalue weighted by atomic mass is 16.5. The molecule has 0 fully saturated rings. The second kappa shape index (κ2) is 6.83. The first-order valence-corrected chi connectivity index (χ1v) is 9.87. The van der Waals surface area contributed by atoms with Crippen molar-refractivity contribution in [3.05, 3.63) is 59.7 Å². The molecule has 2 heterocycles. The summed E-state index contributed by atoms with van der Waals surface area (Å²) >= 11 is 0. The molecular formula is C24H26N2O3. The maximum absolute atomic E-state index is 11.6. The predicted molar refractivity (Wildman–Crippen MR) is 112 cm³/mol. The summed E-state index contributed by atoms with van der Waals surface area (Å²) in [5.41, 5.74) is 5.32. The molecule has 29 heavy (non-hydrogen) atoms. The van der Waals surface area contributed by atoms with Crippen LogP contribution >= 0.6 is 0 Å². The third-order valence-electron chi connectivity index (χ3n) is 5.92. The molecule has 0 N–H and O–H groups in total. The monoisotopic (exact) mass is 390 g/mol. The number of fused-ring (bicyclic) bond motifs is 1. The van der Waals surface area contributed by atoms with E-state index in [2.05, 4.69) is 27.7 Å². The Morgan fingerprint density at radius 1 is 1.00 bits per heavy atom. The number of esters is 1. The third kappa shape index (κ3) is 3.46. The first-order valence-electron chi connectivity index (χ1n) is 9.87. The number of carbonyl (C=O) groups excluding carboxylic acids is 1. The molecule has 0 atom stereocenters. The van der Waals surface area contributed by atoms with Crippen LogP contribution in [0, 0.1) is 0 Å². The molecule has 3 aromatic rings. The average Bonchev–Trinajstić information content (AvgIpc) is 3.21. The van der Waals surface area contributed by atoms with Crippen LogP contribution in [-0.4, -0.2) is 23.0 Å². The van der Waals surface area contributed by atoms with E-state index >= 15 is 0 Å². The molecular weight excluding hydrogens is 364 g/mol. The quantitative estimate of drug-likeness (QED) is 0.549. The number of furan rings is 1. The summed E-state index contributed by atoms with van der Waals surface area (Å²) in [7, 11) is 1.38. The Morgan fingerprint density at radius 2 is 1.66 bits per heavy atom. The smallest absolute Gasteiger partial charge is 0.337 e. The van der Waals surface area contributed by atoms with Crippen molar-refractivity contribution in [3.8, 4) is 22.6 Å². The zero-order valence-electron chi connectivity index (χ0n) is 17.6. The fourth-order valence-electron chi connectivity index (χ4n) is 3.88. The Bertz CT molecular complexity index is 1060. The fraction of sp³-hybridized carbons (Fsp3) is 0.375. The van der Waals surface area contributed by atoms with E-state index in [1.165, 1.54) is 7.11 Å². The summed E-state index contributed by atoms with van der Waals surface area (Å²) in [6.07, 6.45) is 5.71. The molecule has 5 nitrogen and oxygen atoms in total. The zero-order chi connectivity index (χ0) is 20.8. The van der Waals surface area contributed by atoms with Gasteiger partial charge >= 0.3 is 5.97 Å². The predicted octanol–water partition coefficient (Wildman–Crippen LogP) is 5.54. The van der Waals surface area contributed by atoms with Crippen LogP contribution in [0.15, 0.2) is 47.2 Å². The third-order valence-corrected chi connectivity index (χ3v) is 5.92. The normalized spacial score (nSPS) is 16.9. The second-order valence-electron chi connectivity index (χ2n) is 8.99. The van der Waals surface area contributed by atoms with Gasteiger partial charge in [0.15, 0.2) is 5.76 Å². The minimum atomic E-state index is -0.348. The molecule has 150 valence electrons. The van der Waals surface area contributed by atoms with Gasteiger partial charge in [0, 0.05) is 16.4 Å². The molecule has 0 unspecified atom stereocenters. The van der Waals surface area contributed by atoms with Crippen molar-refractivity contribution >= 4 is 5.97 Å². The van der Waals surface area contributed by atoms with Gasteiger partial charge in [0.2, 0.25) is 0 Å². The van der Waals surface area contributed by atoms with Crippen LogP contribution < -0.4 is 0 Å². The standard InChI is InChI=1S/C24H26N2O3/c1-23(2)10-11-24(3,4)21-20(23)25-13-18(26-21)19-12-17(14-29-19)15-6-8-16(9-7-15)22(27)28-5/h6-9,12-14H,10-11H2,1-5H3. The number of carbonyl (C=O) groups is 1. The van der Waals surface area contributed by atoms with Crippen molar-refractivity contribution in [2.75, 3.05) is 7.11 Å². The first-order chi connectivity index (χ1) is 13.7. The summed E-state index contributed by atoms with van der Waals surface area (Å²) in [4.78, 5) is 21.4. The fourth-order valence-corrected chi connectivity index (χ4v) is 3.88. The summed E-state index contributed by atoms with van der Waals surface area (Å²) < 4.78 is 10.6. The summed E-state index contributed by atoms with van der Waals surface area (Å²) in [6, 6.07) is 9.22. The molecule has 1 aromatic carbocycles. The summed E-state index contributed by atoms with van der Waals surface area (Å²) in [5, 5.41) is 0. The van der Waals surface area contributed by atoms with E-state index < -0.39 is 0 Å².